The van der Waals surface area contributed by atoms with Gasteiger partial charge in [-0.05, 0) is 38.9 Å². The number of nitrogens with zero attached hydrogens (tertiary/aromatic N) is 3. The van der Waals surface area contributed by atoms with Crippen molar-refractivity contribution in [2.24, 2.45) is 0 Å². The van der Waals surface area contributed by atoms with Gasteiger partial charge in [0.15, 0.2) is 5.65 Å². The lowest BCUT2D eigenvalue weighted by atomic mass is 10.0. The Bertz CT molecular complexity index is 955. The van der Waals surface area contributed by atoms with Gasteiger partial charge in [-0.3, -0.25) is 4.79 Å². The molecule has 3 aromatic rings. The summed E-state index contributed by atoms with van der Waals surface area (Å²) in [6.45, 7) is 10.4. The number of aromatic nitrogens is 3. The van der Waals surface area contributed by atoms with Crippen molar-refractivity contribution in [3.05, 3.63) is 47.7 Å². The number of fused-ring (bicyclic) bond motifs is 1. The normalized spacial score (nSPS) is 10.5. The third kappa shape index (κ3) is 5.47. The van der Waals surface area contributed by atoms with Gasteiger partial charge < -0.3 is 10.6 Å². The van der Waals surface area contributed by atoms with Gasteiger partial charge in [-0.25, -0.2) is 9.67 Å². The number of halogens is 2. The molecule has 0 saturated heterocycles. The molecule has 29 heavy (non-hydrogen) atoms. The highest BCUT2D eigenvalue weighted by Crippen LogP contribution is 2.28. The fourth-order valence-electron chi connectivity index (χ4n) is 3.12. The highest BCUT2D eigenvalue weighted by Gasteiger charge is 2.18. The number of pyridine rings is 1. The molecule has 0 spiro atoms. The van der Waals surface area contributed by atoms with Crippen molar-refractivity contribution in [3.8, 4) is 11.3 Å². The van der Waals surface area contributed by atoms with Crippen LogP contribution in [-0.4, -0.2) is 40.3 Å². The standard InChI is InChI=1S/C21H27N5O.2ClH/c1-5-22-10-11-23-21(27)17-12-19(16-9-7-6-8-15(16)4)25-20-18(17)13-24-26(20)14(2)3;;/h6-9,12-14,22H,5,10-11H2,1-4H3,(H,23,27);2*1H. The number of aryl methyl sites for hydroxylation is 1. The average molecular weight is 438 g/mol. The van der Waals surface area contributed by atoms with E-state index in [1.165, 1.54) is 0 Å². The van der Waals surface area contributed by atoms with Gasteiger partial charge in [0.25, 0.3) is 5.91 Å². The van der Waals surface area contributed by atoms with Crippen molar-refractivity contribution < 1.29 is 4.79 Å². The lowest BCUT2D eigenvalue weighted by Crippen LogP contribution is -2.31. The Morgan fingerprint density at radius 1 is 1.17 bits per heavy atom. The molecule has 6 nitrogen and oxygen atoms in total. The Kier molecular flexibility index (Phi) is 9.56. The molecule has 0 radical (unpaired) electrons. The van der Waals surface area contributed by atoms with E-state index in [0.717, 1.165) is 40.9 Å². The van der Waals surface area contributed by atoms with Crippen LogP contribution >= 0.6 is 24.8 Å². The summed E-state index contributed by atoms with van der Waals surface area (Å²) in [6.07, 6.45) is 1.74. The summed E-state index contributed by atoms with van der Waals surface area (Å²) < 4.78 is 1.87. The van der Waals surface area contributed by atoms with Crippen molar-refractivity contribution in [1.82, 2.24) is 25.4 Å². The zero-order valence-electron chi connectivity index (χ0n) is 17.2. The molecule has 0 unspecified atom stereocenters. The molecule has 2 N–H and O–H groups in total. The van der Waals surface area contributed by atoms with Crippen molar-refractivity contribution in [2.75, 3.05) is 19.6 Å². The smallest absolute Gasteiger partial charge is 0.252 e. The second kappa shape index (κ2) is 11.1. The zero-order chi connectivity index (χ0) is 19.4. The molecule has 158 valence electrons. The van der Waals surface area contributed by atoms with E-state index >= 15 is 0 Å². The van der Waals surface area contributed by atoms with Crippen LogP contribution in [0.25, 0.3) is 22.3 Å². The zero-order valence-corrected chi connectivity index (χ0v) is 18.9. The monoisotopic (exact) mass is 437 g/mol. The van der Waals surface area contributed by atoms with Gasteiger partial charge in [0.05, 0.1) is 22.8 Å². The molecular weight excluding hydrogens is 409 g/mol. The van der Waals surface area contributed by atoms with Crippen LogP contribution in [0.1, 0.15) is 42.7 Å². The van der Waals surface area contributed by atoms with Crippen LogP contribution in [-0.2, 0) is 0 Å². The maximum Gasteiger partial charge on any atom is 0.252 e. The summed E-state index contributed by atoms with van der Waals surface area (Å²) >= 11 is 0. The maximum atomic E-state index is 12.9. The number of carbonyl (C=O) groups excluding carboxylic acids is 1. The highest BCUT2D eigenvalue weighted by molar-refractivity contribution is 6.06. The topological polar surface area (TPSA) is 71.8 Å². The molecule has 0 aliphatic rings. The molecule has 0 bridgehead atoms. The SMILES string of the molecule is CCNCCNC(=O)c1cc(-c2ccccc2C)nc2c1cnn2C(C)C.Cl.Cl. The van der Waals surface area contributed by atoms with E-state index in [4.69, 9.17) is 4.98 Å². The quantitative estimate of drug-likeness (QED) is 0.543. The van der Waals surface area contributed by atoms with E-state index in [1.807, 2.05) is 35.9 Å². The Hall–Kier alpha value is -2.15. The molecule has 0 saturated carbocycles. The summed E-state index contributed by atoms with van der Waals surface area (Å²) in [6, 6.07) is 10.1. The van der Waals surface area contributed by atoms with Crippen LogP contribution in [0.15, 0.2) is 36.5 Å². The largest absolute Gasteiger partial charge is 0.351 e. The predicted molar refractivity (Wildman–Crippen MR) is 123 cm³/mol. The molecule has 2 aromatic heterocycles. The number of amides is 1. The number of hydrogen-bond donors (Lipinski definition) is 2. The Morgan fingerprint density at radius 2 is 1.90 bits per heavy atom. The third-order valence-corrected chi connectivity index (χ3v) is 4.56. The van der Waals surface area contributed by atoms with Gasteiger partial charge in [0.2, 0.25) is 0 Å². The van der Waals surface area contributed by atoms with Crippen LogP contribution < -0.4 is 10.6 Å². The van der Waals surface area contributed by atoms with E-state index in [2.05, 4.69) is 42.6 Å². The molecular formula is C21H29Cl2N5O. The first-order chi connectivity index (χ1) is 13.0. The number of likely N-dealkylation sites (N-methyl/N-ethyl adjacent to an activating group) is 1. The molecule has 0 aliphatic heterocycles. The van der Waals surface area contributed by atoms with Crippen molar-refractivity contribution in [1.29, 1.82) is 0 Å². The van der Waals surface area contributed by atoms with Crippen LogP contribution in [0.5, 0.6) is 0 Å². The van der Waals surface area contributed by atoms with Gasteiger partial charge >= 0.3 is 0 Å². The van der Waals surface area contributed by atoms with E-state index in [1.54, 1.807) is 6.20 Å². The van der Waals surface area contributed by atoms with Crippen LogP contribution in [0, 0.1) is 6.92 Å². The van der Waals surface area contributed by atoms with Gasteiger partial charge in [-0.2, -0.15) is 5.10 Å². The second-order valence-corrected chi connectivity index (χ2v) is 6.90. The average Bonchev–Trinajstić information content (AvgIpc) is 3.09. The second-order valence-electron chi connectivity index (χ2n) is 6.90. The van der Waals surface area contributed by atoms with E-state index in [9.17, 15) is 4.79 Å². The van der Waals surface area contributed by atoms with E-state index in [0.29, 0.717) is 12.1 Å². The fourth-order valence-corrected chi connectivity index (χ4v) is 3.12. The van der Waals surface area contributed by atoms with Crippen molar-refractivity contribution in [3.63, 3.8) is 0 Å². The first-order valence-electron chi connectivity index (χ1n) is 9.46. The maximum absolute atomic E-state index is 12.9. The minimum absolute atomic E-state index is 0. The molecule has 0 fully saturated rings. The van der Waals surface area contributed by atoms with Gasteiger partial charge in [0.1, 0.15) is 0 Å². The number of rotatable bonds is 7. The van der Waals surface area contributed by atoms with Crippen molar-refractivity contribution in [2.45, 2.75) is 33.7 Å². The van der Waals surface area contributed by atoms with Crippen LogP contribution in [0.3, 0.4) is 0 Å². The predicted octanol–water partition coefficient (Wildman–Crippen LogP) is 4.17. The molecule has 1 aromatic carbocycles. The minimum Gasteiger partial charge on any atom is -0.351 e. The Balaban J connectivity index is 0.00000210. The molecule has 3 rings (SSSR count). The molecule has 0 aliphatic carbocycles. The lowest BCUT2D eigenvalue weighted by molar-refractivity contribution is 0.0955. The minimum atomic E-state index is -0.0987. The first kappa shape index (κ1) is 24.9. The molecule has 1 amide bonds. The first-order valence-corrected chi connectivity index (χ1v) is 9.46. The van der Waals surface area contributed by atoms with Gasteiger partial charge in [-0.15, -0.1) is 24.8 Å². The van der Waals surface area contributed by atoms with Crippen molar-refractivity contribution >= 4 is 41.8 Å². The summed E-state index contributed by atoms with van der Waals surface area (Å²) in [5.41, 5.74) is 4.29. The Morgan fingerprint density at radius 3 is 2.55 bits per heavy atom. The molecule has 2 heterocycles. The Labute approximate surface area is 184 Å². The third-order valence-electron chi connectivity index (χ3n) is 4.56. The number of carbonyl (C=O) groups is 1. The number of nitrogens with one attached hydrogen (secondary N) is 2. The van der Waals surface area contributed by atoms with Gasteiger partial charge in [0, 0.05) is 24.7 Å². The summed E-state index contributed by atoms with van der Waals surface area (Å²) in [7, 11) is 0. The molecule has 0 atom stereocenters. The highest BCUT2D eigenvalue weighted by atomic mass is 35.5. The molecule has 8 heteroatoms. The summed E-state index contributed by atoms with van der Waals surface area (Å²) in [5.74, 6) is -0.0987. The number of benzene rings is 1. The van der Waals surface area contributed by atoms with Crippen LogP contribution in [0.4, 0.5) is 0 Å². The summed E-state index contributed by atoms with van der Waals surface area (Å²) in [5, 5.41) is 11.5. The lowest BCUT2D eigenvalue weighted by Gasteiger charge is -2.12. The van der Waals surface area contributed by atoms with E-state index < -0.39 is 0 Å². The van der Waals surface area contributed by atoms with E-state index in [-0.39, 0.29) is 36.8 Å². The number of hydrogen-bond acceptors (Lipinski definition) is 4. The van der Waals surface area contributed by atoms with Crippen LogP contribution in [0.2, 0.25) is 0 Å². The summed E-state index contributed by atoms with van der Waals surface area (Å²) in [4.78, 5) is 17.7. The van der Waals surface area contributed by atoms with Gasteiger partial charge in [-0.1, -0.05) is 31.2 Å². The fraction of sp³-hybridized carbons (Fsp3) is 0.381.